The largest absolute Gasteiger partial charge is 0.372 e. The van der Waals surface area contributed by atoms with Crippen molar-refractivity contribution in [3.05, 3.63) is 0 Å². The molecule has 2 aliphatic heterocycles. The lowest BCUT2D eigenvalue weighted by Crippen LogP contribution is -2.41. The van der Waals surface area contributed by atoms with E-state index in [9.17, 15) is 4.79 Å². The van der Waals surface area contributed by atoms with Crippen LogP contribution in [0.3, 0.4) is 0 Å². The third-order valence-corrected chi connectivity index (χ3v) is 4.27. The molecule has 2 rings (SSSR count). The molecule has 0 aromatic rings. The summed E-state index contributed by atoms with van der Waals surface area (Å²) in [5.74, 6) is -0.0165. The summed E-state index contributed by atoms with van der Waals surface area (Å²) in [6.07, 6.45) is 5.18. The molecule has 5 nitrogen and oxygen atoms in total. The van der Waals surface area contributed by atoms with Crippen LogP contribution >= 0.6 is 0 Å². The van der Waals surface area contributed by atoms with Gasteiger partial charge in [-0.15, -0.1) is 0 Å². The van der Waals surface area contributed by atoms with Crippen molar-refractivity contribution in [2.75, 3.05) is 26.3 Å². The lowest BCUT2D eigenvalue weighted by atomic mass is 9.89. The third kappa shape index (κ3) is 4.43. The quantitative estimate of drug-likeness (QED) is 0.770. The van der Waals surface area contributed by atoms with Crippen molar-refractivity contribution in [1.82, 2.24) is 10.6 Å². The Bertz CT molecular complexity index is 316. The second kappa shape index (κ2) is 7.38. The van der Waals surface area contributed by atoms with Gasteiger partial charge < -0.3 is 20.1 Å². The molecule has 2 unspecified atom stereocenters. The van der Waals surface area contributed by atoms with Crippen LogP contribution in [0.1, 0.15) is 46.0 Å². The topological polar surface area (TPSA) is 59.6 Å². The van der Waals surface area contributed by atoms with Crippen LogP contribution in [0.2, 0.25) is 0 Å². The zero-order valence-corrected chi connectivity index (χ0v) is 12.7. The lowest BCUT2D eigenvalue weighted by Gasteiger charge is -2.32. The number of carbonyl (C=O) groups excluding carboxylic acids is 1. The summed E-state index contributed by atoms with van der Waals surface area (Å²) in [4.78, 5) is 11.8. The average Bonchev–Trinajstić information content (AvgIpc) is 2.80. The van der Waals surface area contributed by atoms with Gasteiger partial charge in [-0.2, -0.15) is 0 Å². The monoisotopic (exact) mass is 284 g/mol. The number of nitrogens with one attached hydrogen (secondary N) is 2. The van der Waals surface area contributed by atoms with Crippen molar-refractivity contribution in [3.8, 4) is 0 Å². The minimum absolute atomic E-state index is 0.00188. The van der Waals surface area contributed by atoms with Crippen LogP contribution in [0.25, 0.3) is 0 Å². The Kier molecular flexibility index (Phi) is 5.81. The van der Waals surface area contributed by atoms with Crippen molar-refractivity contribution in [2.45, 2.75) is 63.7 Å². The molecular formula is C15H28N2O3. The van der Waals surface area contributed by atoms with Gasteiger partial charge in [-0.05, 0) is 39.3 Å². The first-order valence-corrected chi connectivity index (χ1v) is 7.89. The van der Waals surface area contributed by atoms with Gasteiger partial charge in [0.25, 0.3) is 0 Å². The molecule has 116 valence electrons. The number of piperidine rings is 1. The van der Waals surface area contributed by atoms with Gasteiger partial charge in [-0.1, -0.05) is 13.3 Å². The number of hydrogen-bond acceptors (Lipinski definition) is 4. The molecule has 2 saturated heterocycles. The van der Waals surface area contributed by atoms with Crippen LogP contribution < -0.4 is 10.6 Å². The molecule has 2 atom stereocenters. The van der Waals surface area contributed by atoms with E-state index in [1.54, 1.807) is 0 Å². The molecule has 0 saturated carbocycles. The van der Waals surface area contributed by atoms with Crippen LogP contribution in [0.15, 0.2) is 0 Å². The number of ether oxygens (including phenoxy) is 2. The summed E-state index contributed by atoms with van der Waals surface area (Å²) in [5.41, 5.74) is 0.00188. The lowest BCUT2D eigenvalue weighted by molar-refractivity contribution is -0.128. The molecule has 2 N–H and O–H groups in total. The maximum Gasteiger partial charge on any atom is 0.246 e. The molecule has 20 heavy (non-hydrogen) atoms. The Hall–Kier alpha value is -0.650. The highest BCUT2D eigenvalue weighted by Gasteiger charge is 2.41. The van der Waals surface area contributed by atoms with Crippen LogP contribution in [-0.2, 0) is 14.3 Å². The summed E-state index contributed by atoms with van der Waals surface area (Å²) in [7, 11) is 0. The minimum Gasteiger partial charge on any atom is -0.372 e. The van der Waals surface area contributed by atoms with E-state index in [1.165, 1.54) is 0 Å². The van der Waals surface area contributed by atoms with E-state index < -0.39 is 0 Å². The number of rotatable bonds is 6. The molecule has 2 aliphatic rings. The molecule has 1 spiro atoms. The molecule has 0 aromatic carbocycles. The van der Waals surface area contributed by atoms with Crippen molar-refractivity contribution in [3.63, 3.8) is 0 Å². The van der Waals surface area contributed by atoms with Crippen LogP contribution in [-0.4, -0.2) is 50.0 Å². The summed E-state index contributed by atoms with van der Waals surface area (Å²) in [6, 6.07) is 0.228. The average molecular weight is 284 g/mol. The fourth-order valence-electron chi connectivity index (χ4n) is 3.16. The van der Waals surface area contributed by atoms with Crippen LogP contribution in [0, 0.1) is 0 Å². The van der Waals surface area contributed by atoms with Gasteiger partial charge >= 0.3 is 0 Å². The summed E-state index contributed by atoms with van der Waals surface area (Å²) >= 11 is 0. The first kappa shape index (κ1) is 15.7. The third-order valence-electron chi connectivity index (χ3n) is 4.27. The first-order valence-electron chi connectivity index (χ1n) is 7.89. The van der Waals surface area contributed by atoms with Crippen molar-refractivity contribution >= 4 is 5.91 Å². The van der Waals surface area contributed by atoms with Gasteiger partial charge in [0.15, 0.2) is 0 Å². The second-order valence-corrected chi connectivity index (χ2v) is 6.14. The Balaban J connectivity index is 1.66. The highest BCUT2D eigenvalue weighted by Crippen LogP contribution is 2.34. The number of hydrogen-bond donors (Lipinski definition) is 2. The van der Waals surface area contributed by atoms with Crippen molar-refractivity contribution in [2.24, 2.45) is 0 Å². The second-order valence-electron chi connectivity index (χ2n) is 6.14. The molecule has 5 heteroatoms. The summed E-state index contributed by atoms with van der Waals surface area (Å²) in [5, 5.41) is 6.31. The van der Waals surface area contributed by atoms with Crippen molar-refractivity contribution in [1.29, 1.82) is 0 Å². The van der Waals surface area contributed by atoms with Gasteiger partial charge in [-0.3, -0.25) is 4.79 Å². The Morgan fingerprint density at radius 2 is 2.25 bits per heavy atom. The van der Waals surface area contributed by atoms with E-state index in [2.05, 4.69) is 17.6 Å². The smallest absolute Gasteiger partial charge is 0.246 e. The molecule has 2 fully saturated rings. The molecule has 0 aliphatic carbocycles. The van der Waals surface area contributed by atoms with E-state index in [4.69, 9.17) is 9.47 Å². The van der Waals surface area contributed by atoms with E-state index in [0.717, 1.165) is 45.2 Å². The Morgan fingerprint density at radius 1 is 1.50 bits per heavy atom. The standard InChI is InChI=1S/C15H28N2O3/c1-3-4-12(2)17-14(18)11-19-13-9-15(20-10-13)5-7-16-8-6-15/h12-13,16H,3-11H2,1-2H3,(H,17,18). The SMILES string of the molecule is CCCC(C)NC(=O)COC1COC2(CCNCC2)C1. The van der Waals surface area contributed by atoms with Gasteiger partial charge in [-0.25, -0.2) is 0 Å². The normalized spacial score (nSPS) is 26.6. The maximum absolute atomic E-state index is 11.8. The molecule has 1 amide bonds. The predicted octanol–water partition coefficient (Wildman–Crippen LogP) is 1.22. The maximum atomic E-state index is 11.8. The minimum atomic E-state index is -0.0165. The van der Waals surface area contributed by atoms with Crippen LogP contribution in [0.5, 0.6) is 0 Å². The van der Waals surface area contributed by atoms with E-state index in [-0.39, 0.29) is 30.3 Å². The van der Waals surface area contributed by atoms with Gasteiger partial charge in [0.05, 0.1) is 18.3 Å². The van der Waals surface area contributed by atoms with Gasteiger partial charge in [0.2, 0.25) is 5.91 Å². The number of amides is 1. The molecule has 2 heterocycles. The van der Waals surface area contributed by atoms with Crippen molar-refractivity contribution < 1.29 is 14.3 Å². The summed E-state index contributed by atoms with van der Waals surface area (Å²) < 4.78 is 11.7. The fourth-order valence-corrected chi connectivity index (χ4v) is 3.16. The predicted molar refractivity (Wildman–Crippen MR) is 77.7 cm³/mol. The first-order chi connectivity index (χ1) is 9.63. The van der Waals surface area contributed by atoms with Gasteiger partial charge in [0.1, 0.15) is 6.61 Å². The Labute approximate surface area is 121 Å². The number of carbonyl (C=O) groups is 1. The fraction of sp³-hybridized carbons (Fsp3) is 0.933. The van der Waals surface area contributed by atoms with Gasteiger partial charge in [0, 0.05) is 12.5 Å². The molecule has 0 bridgehead atoms. The Morgan fingerprint density at radius 3 is 2.95 bits per heavy atom. The molecule has 0 aromatic heterocycles. The summed E-state index contributed by atoms with van der Waals surface area (Å²) in [6.45, 7) is 6.95. The zero-order valence-electron chi connectivity index (χ0n) is 12.7. The van der Waals surface area contributed by atoms with E-state index in [0.29, 0.717) is 6.61 Å². The van der Waals surface area contributed by atoms with Crippen LogP contribution in [0.4, 0.5) is 0 Å². The molecule has 0 radical (unpaired) electrons. The van der Waals surface area contributed by atoms with E-state index >= 15 is 0 Å². The highest BCUT2D eigenvalue weighted by atomic mass is 16.6. The molecular weight excluding hydrogens is 256 g/mol. The highest BCUT2D eigenvalue weighted by molar-refractivity contribution is 5.77. The zero-order chi connectivity index (χ0) is 14.4. The van der Waals surface area contributed by atoms with E-state index in [1.807, 2.05) is 6.92 Å².